The summed E-state index contributed by atoms with van der Waals surface area (Å²) < 4.78 is 5.84. The van der Waals surface area contributed by atoms with Gasteiger partial charge in [0.2, 0.25) is 0 Å². The summed E-state index contributed by atoms with van der Waals surface area (Å²) in [6, 6.07) is 0. The molecule has 4 rings (SSSR count). The molecule has 4 aliphatic rings. The van der Waals surface area contributed by atoms with Crippen molar-refractivity contribution in [1.82, 2.24) is 0 Å². The molecule has 2 N–H and O–H groups in total. The Balaban J connectivity index is 0.00000400. The minimum absolute atomic E-state index is 0. The Morgan fingerprint density at radius 1 is 1.05 bits per heavy atom. The summed E-state index contributed by atoms with van der Waals surface area (Å²) in [5.74, 6) is -1.25. The van der Waals surface area contributed by atoms with E-state index in [0.717, 1.165) is 31.3 Å². The van der Waals surface area contributed by atoms with Gasteiger partial charge in [-0.2, -0.15) is 0 Å². The molecule has 4 aliphatic carbocycles. The second-order valence-corrected chi connectivity index (χ2v) is 13.6. The number of aliphatic carboxylic acids is 1. The van der Waals surface area contributed by atoms with Crippen molar-refractivity contribution in [2.24, 2.45) is 39.9 Å². The molecule has 0 bridgehead atoms. The van der Waals surface area contributed by atoms with E-state index in [1.807, 2.05) is 19.9 Å². The number of carbonyl (C=O) groups excluding carboxylic acids is 2. The van der Waals surface area contributed by atoms with Crippen LogP contribution in [0.5, 0.6) is 0 Å². The fourth-order valence-electron chi connectivity index (χ4n) is 9.78. The molecule has 0 spiro atoms. The molecule has 1 unspecified atom stereocenters. The maximum atomic E-state index is 12.5. The molecular formula is C31H47NaO6. The summed E-state index contributed by atoms with van der Waals surface area (Å²) >= 11 is 0. The number of aliphatic hydroxyl groups is 2. The topological polar surface area (TPSA) is 107 Å². The standard InChI is InChI=1S/C31H48O6.Na/c1-17(2)9-8-10-20(28(35)36)26-22-15-24(34)27-29(5)13-12-23(33)18(3)21(29)11-14-30(27,6)31(22,7)16-25(26)37-19(4)32;/h9,18,21-25,27,33-34H,8,10-16H2,1-7H3,(H,35,36);/q;+1/p-1/b26-20+;/t18-,21-,22-,23+,24+,25-,27?,29-,30-,31-;/m0./s1. The van der Waals surface area contributed by atoms with Gasteiger partial charge < -0.3 is 24.9 Å². The third-order valence-electron chi connectivity index (χ3n) is 11.6. The summed E-state index contributed by atoms with van der Waals surface area (Å²) in [4.78, 5) is 24.7. The molecule has 0 aliphatic heterocycles. The molecule has 6 nitrogen and oxygen atoms in total. The minimum atomic E-state index is -1.20. The molecule has 38 heavy (non-hydrogen) atoms. The van der Waals surface area contributed by atoms with E-state index in [1.54, 1.807) is 0 Å². The van der Waals surface area contributed by atoms with Crippen LogP contribution in [0.2, 0.25) is 0 Å². The number of hydrogen-bond acceptors (Lipinski definition) is 6. The number of allylic oxidation sites excluding steroid dienone is 2. The minimum Gasteiger partial charge on any atom is -0.545 e. The molecule has 0 radical (unpaired) electrons. The predicted molar refractivity (Wildman–Crippen MR) is 140 cm³/mol. The van der Waals surface area contributed by atoms with E-state index >= 15 is 0 Å². The second kappa shape index (κ2) is 11.3. The van der Waals surface area contributed by atoms with Crippen LogP contribution >= 0.6 is 0 Å². The molecule has 0 aromatic rings. The Kier molecular flexibility index (Phi) is 9.49. The number of fused-ring (bicyclic) bond motifs is 5. The van der Waals surface area contributed by atoms with Crippen LogP contribution < -0.4 is 34.7 Å². The first kappa shape index (κ1) is 31.9. The second-order valence-electron chi connectivity index (χ2n) is 13.6. The van der Waals surface area contributed by atoms with Crippen molar-refractivity contribution in [3.63, 3.8) is 0 Å². The van der Waals surface area contributed by atoms with Crippen LogP contribution in [-0.4, -0.2) is 40.5 Å². The third kappa shape index (κ3) is 5.00. The average molecular weight is 539 g/mol. The van der Waals surface area contributed by atoms with Gasteiger partial charge in [0.25, 0.3) is 0 Å². The monoisotopic (exact) mass is 538 g/mol. The van der Waals surface area contributed by atoms with E-state index in [1.165, 1.54) is 6.92 Å². The number of carboxylic acids is 1. The quantitative estimate of drug-likeness (QED) is 0.237. The summed E-state index contributed by atoms with van der Waals surface area (Å²) in [6.45, 7) is 14.4. The molecule has 0 amide bonds. The Morgan fingerprint density at radius 3 is 2.29 bits per heavy atom. The number of hydrogen-bond donors (Lipinski definition) is 2. The normalized spacial score (nSPS) is 45.0. The SMILES string of the molecule is CC(=O)O[C@H]1C[C@@]2(C)[C@@H](C[C@@H](O)C3[C@]2(C)CC[C@H]2[C@H](C)[C@H](O)CC[C@]32C)/C1=C(/CCC=C(C)C)C(=O)[O-].[Na+]. The molecule has 4 saturated carbocycles. The molecule has 0 saturated heterocycles. The zero-order valence-electron chi connectivity index (χ0n) is 24.8. The van der Waals surface area contributed by atoms with E-state index in [-0.39, 0.29) is 75.2 Å². The van der Waals surface area contributed by atoms with Gasteiger partial charge in [0.15, 0.2) is 0 Å². The van der Waals surface area contributed by atoms with Crippen LogP contribution in [0.4, 0.5) is 0 Å². The fourth-order valence-corrected chi connectivity index (χ4v) is 9.78. The fraction of sp³-hybridized carbons (Fsp3) is 0.806. The van der Waals surface area contributed by atoms with Gasteiger partial charge in [0.1, 0.15) is 6.10 Å². The number of rotatable bonds is 5. The largest absolute Gasteiger partial charge is 1.00 e. The molecule has 10 atom stereocenters. The van der Waals surface area contributed by atoms with Crippen molar-refractivity contribution in [3.05, 3.63) is 22.8 Å². The smallest absolute Gasteiger partial charge is 0.545 e. The molecule has 0 heterocycles. The van der Waals surface area contributed by atoms with Crippen LogP contribution in [0.1, 0.15) is 99.8 Å². The number of aliphatic hydroxyl groups excluding tert-OH is 2. The van der Waals surface area contributed by atoms with Gasteiger partial charge in [0.05, 0.1) is 18.2 Å². The van der Waals surface area contributed by atoms with Crippen LogP contribution in [0.15, 0.2) is 22.8 Å². The van der Waals surface area contributed by atoms with Gasteiger partial charge in [-0.15, -0.1) is 0 Å². The molecule has 0 aromatic carbocycles. The molecule has 208 valence electrons. The molecule has 0 aromatic heterocycles. The van der Waals surface area contributed by atoms with Crippen molar-refractivity contribution in [2.75, 3.05) is 0 Å². The van der Waals surface area contributed by atoms with Crippen LogP contribution in [0.25, 0.3) is 0 Å². The Labute approximate surface area is 251 Å². The van der Waals surface area contributed by atoms with E-state index in [4.69, 9.17) is 4.74 Å². The maximum Gasteiger partial charge on any atom is 1.00 e. The zero-order valence-corrected chi connectivity index (χ0v) is 26.8. The van der Waals surface area contributed by atoms with Gasteiger partial charge in [-0.05, 0) is 116 Å². The maximum absolute atomic E-state index is 12.5. The Morgan fingerprint density at radius 2 is 1.71 bits per heavy atom. The van der Waals surface area contributed by atoms with Crippen molar-refractivity contribution in [3.8, 4) is 0 Å². The summed E-state index contributed by atoms with van der Waals surface area (Å²) in [7, 11) is 0. The van der Waals surface area contributed by atoms with Gasteiger partial charge in [0, 0.05) is 6.92 Å². The first-order valence-electron chi connectivity index (χ1n) is 14.3. The van der Waals surface area contributed by atoms with Gasteiger partial charge in [-0.3, -0.25) is 4.79 Å². The van der Waals surface area contributed by atoms with E-state index in [0.29, 0.717) is 37.2 Å². The molecule has 4 fully saturated rings. The zero-order chi connectivity index (χ0) is 27.5. The number of carboxylic acid groups (broad SMARTS) is 1. The first-order chi connectivity index (χ1) is 17.2. The predicted octanol–water partition coefficient (Wildman–Crippen LogP) is 1.34. The first-order valence-corrected chi connectivity index (χ1v) is 14.3. The van der Waals surface area contributed by atoms with Gasteiger partial charge in [-0.25, -0.2) is 0 Å². The molecule has 7 heteroatoms. The van der Waals surface area contributed by atoms with Crippen molar-refractivity contribution >= 4 is 11.9 Å². The Bertz CT molecular complexity index is 1000. The van der Waals surface area contributed by atoms with Gasteiger partial charge >= 0.3 is 35.5 Å². The van der Waals surface area contributed by atoms with Crippen molar-refractivity contribution in [2.45, 2.75) is 118 Å². The summed E-state index contributed by atoms with van der Waals surface area (Å²) in [6.07, 6.45) is 5.92. The van der Waals surface area contributed by atoms with Crippen LogP contribution in [0.3, 0.4) is 0 Å². The average Bonchev–Trinajstić information content (AvgIpc) is 3.05. The third-order valence-corrected chi connectivity index (χ3v) is 11.6. The number of esters is 1. The number of ether oxygens (including phenoxy) is 1. The van der Waals surface area contributed by atoms with Crippen LogP contribution in [0, 0.1) is 39.9 Å². The van der Waals surface area contributed by atoms with E-state index < -0.39 is 24.1 Å². The Hall–Kier alpha value is -0.660. The van der Waals surface area contributed by atoms with Crippen molar-refractivity contribution < 1.29 is 59.2 Å². The summed E-state index contributed by atoms with van der Waals surface area (Å²) in [5, 5.41) is 35.0. The number of carbonyl (C=O) groups is 2. The van der Waals surface area contributed by atoms with Crippen molar-refractivity contribution in [1.29, 1.82) is 0 Å². The summed E-state index contributed by atoms with van der Waals surface area (Å²) in [5.41, 5.74) is 1.31. The van der Waals surface area contributed by atoms with E-state index in [9.17, 15) is 24.9 Å². The van der Waals surface area contributed by atoms with Gasteiger partial charge in [-0.1, -0.05) is 39.3 Å². The molecular weight excluding hydrogens is 491 g/mol. The van der Waals surface area contributed by atoms with E-state index in [2.05, 4.69) is 27.7 Å². The van der Waals surface area contributed by atoms with Crippen LogP contribution in [-0.2, 0) is 14.3 Å².